The topological polar surface area (TPSA) is 108 Å². The fourth-order valence-corrected chi connectivity index (χ4v) is 3.42. The number of nitrogens with one attached hydrogen (secondary N) is 1. The molecule has 7 heteroatoms. The predicted octanol–water partition coefficient (Wildman–Crippen LogP) is -0.903. The normalized spacial score (nSPS) is 36.7. The molecule has 4 N–H and O–H groups in total. The zero-order chi connectivity index (χ0) is 14.7. The quantitative estimate of drug-likeness (QED) is 0.493. The Kier molecular flexibility index (Phi) is 2.66. The van der Waals surface area contributed by atoms with Gasteiger partial charge in [-0.05, 0) is 24.1 Å². The Balaban J connectivity index is 1.82. The molecule has 0 saturated heterocycles. The Hall–Kier alpha value is -1.83. The van der Waals surface area contributed by atoms with Gasteiger partial charge >= 0.3 is 0 Å². The van der Waals surface area contributed by atoms with Gasteiger partial charge in [0.25, 0.3) is 5.91 Å². The summed E-state index contributed by atoms with van der Waals surface area (Å²) in [5, 5.41) is 32.5. The molecule has 112 valence electrons. The fraction of sp³-hybridized carbons (Fsp3) is 0.500. The Labute approximate surface area is 120 Å². The molecule has 0 bridgehead atoms. The number of carbonyl (C=O) groups excluding carboxylic acids is 1. The summed E-state index contributed by atoms with van der Waals surface area (Å²) >= 11 is 0. The number of rotatable bonds is 0. The Morgan fingerprint density at radius 1 is 1.10 bits per heavy atom. The van der Waals surface area contributed by atoms with Gasteiger partial charge < -0.3 is 30.1 Å². The van der Waals surface area contributed by atoms with E-state index in [-0.39, 0.29) is 25.0 Å². The third-order valence-electron chi connectivity index (χ3n) is 4.53. The number of aliphatic hydroxyl groups is 3. The number of amides is 1. The van der Waals surface area contributed by atoms with Crippen molar-refractivity contribution in [3.8, 4) is 11.5 Å². The molecule has 2 heterocycles. The first kappa shape index (κ1) is 12.9. The first-order valence-corrected chi connectivity index (χ1v) is 6.85. The lowest BCUT2D eigenvalue weighted by atomic mass is 9.72. The average Bonchev–Trinajstić information content (AvgIpc) is 2.92. The molecule has 1 amide bonds. The maximum atomic E-state index is 12.2. The highest BCUT2D eigenvalue weighted by atomic mass is 16.7. The molecule has 0 aromatic heterocycles. The smallest absolute Gasteiger partial charge is 0.252 e. The highest BCUT2D eigenvalue weighted by Crippen LogP contribution is 2.43. The van der Waals surface area contributed by atoms with Crippen molar-refractivity contribution >= 4 is 5.91 Å². The van der Waals surface area contributed by atoms with Crippen LogP contribution in [0.5, 0.6) is 11.5 Å². The van der Waals surface area contributed by atoms with Crippen molar-refractivity contribution in [1.29, 1.82) is 0 Å². The van der Waals surface area contributed by atoms with E-state index < -0.39 is 24.4 Å². The number of hydrogen-bond donors (Lipinski definition) is 4. The van der Waals surface area contributed by atoms with Crippen molar-refractivity contribution in [2.45, 2.75) is 36.7 Å². The Bertz CT molecular complexity index is 618. The second-order valence-electron chi connectivity index (χ2n) is 5.68. The van der Waals surface area contributed by atoms with E-state index >= 15 is 0 Å². The molecule has 7 nitrogen and oxygen atoms in total. The molecule has 1 saturated carbocycles. The largest absolute Gasteiger partial charge is 0.454 e. The second kappa shape index (κ2) is 4.33. The second-order valence-corrected chi connectivity index (χ2v) is 5.68. The van der Waals surface area contributed by atoms with E-state index in [2.05, 4.69) is 5.32 Å². The lowest BCUT2D eigenvalue weighted by Gasteiger charge is -2.44. The molecule has 1 aromatic rings. The summed E-state index contributed by atoms with van der Waals surface area (Å²) in [5.41, 5.74) is 1.16. The first-order chi connectivity index (χ1) is 10.1. The Morgan fingerprint density at radius 2 is 1.81 bits per heavy atom. The van der Waals surface area contributed by atoms with E-state index in [4.69, 9.17) is 9.47 Å². The lowest BCUT2D eigenvalue weighted by molar-refractivity contribution is -0.104. The van der Waals surface area contributed by atoms with Gasteiger partial charge in [-0.1, -0.05) is 0 Å². The van der Waals surface area contributed by atoms with Crippen LogP contribution in [0.4, 0.5) is 0 Å². The summed E-state index contributed by atoms with van der Waals surface area (Å²) in [5.74, 6) is 0.462. The van der Waals surface area contributed by atoms with Crippen molar-refractivity contribution in [2.24, 2.45) is 0 Å². The monoisotopic (exact) mass is 293 g/mol. The average molecular weight is 293 g/mol. The number of carbonyl (C=O) groups is 1. The van der Waals surface area contributed by atoms with E-state index in [9.17, 15) is 20.1 Å². The minimum atomic E-state index is -1.26. The van der Waals surface area contributed by atoms with Crippen LogP contribution in [-0.4, -0.2) is 52.4 Å². The van der Waals surface area contributed by atoms with E-state index in [1.807, 2.05) is 0 Å². The minimum Gasteiger partial charge on any atom is -0.454 e. The van der Waals surface area contributed by atoms with Gasteiger partial charge in [0, 0.05) is 11.5 Å². The summed E-state index contributed by atoms with van der Waals surface area (Å²) in [6.45, 7) is 0.109. The minimum absolute atomic E-state index is 0.109. The predicted molar refractivity (Wildman–Crippen MR) is 69.2 cm³/mol. The maximum Gasteiger partial charge on any atom is 0.252 e. The van der Waals surface area contributed by atoms with Gasteiger partial charge in [0.05, 0.1) is 12.1 Å². The molecular formula is C14H15NO6. The third-order valence-corrected chi connectivity index (χ3v) is 4.53. The van der Waals surface area contributed by atoms with Crippen LogP contribution >= 0.6 is 0 Å². The van der Waals surface area contributed by atoms with E-state index in [0.717, 1.165) is 0 Å². The zero-order valence-corrected chi connectivity index (χ0v) is 11.0. The van der Waals surface area contributed by atoms with Gasteiger partial charge in [0.15, 0.2) is 11.5 Å². The van der Waals surface area contributed by atoms with Crippen molar-refractivity contribution in [3.05, 3.63) is 23.3 Å². The summed E-state index contributed by atoms with van der Waals surface area (Å²) in [4.78, 5) is 12.2. The SMILES string of the molecule is O=C1NC2[C@@H](C[C@H](O)[C@@H](O)[C@H]2O)c2cc3c(cc21)OCO3. The van der Waals surface area contributed by atoms with Crippen molar-refractivity contribution in [2.75, 3.05) is 6.79 Å². The summed E-state index contributed by atoms with van der Waals surface area (Å²) in [6, 6.07) is 2.72. The molecule has 5 atom stereocenters. The van der Waals surface area contributed by atoms with Crippen molar-refractivity contribution < 1.29 is 29.6 Å². The van der Waals surface area contributed by atoms with Crippen LogP contribution in [0.2, 0.25) is 0 Å². The number of aliphatic hydroxyl groups excluding tert-OH is 3. The highest BCUT2D eigenvalue weighted by Gasteiger charge is 2.47. The molecule has 2 aliphatic heterocycles. The van der Waals surface area contributed by atoms with Crippen LogP contribution in [0.3, 0.4) is 0 Å². The van der Waals surface area contributed by atoms with Crippen LogP contribution in [0.15, 0.2) is 12.1 Å². The molecular weight excluding hydrogens is 278 g/mol. The van der Waals surface area contributed by atoms with E-state index in [1.54, 1.807) is 12.1 Å². The maximum absolute atomic E-state index is 12.2. The molecule has 21 heavy (non-hydrogen) atoms. The fourth-order valence-electron chi connectivity index (χ4n) is 3.42. The molecule has 0 radical (unpaired) electrons. The molecule has 1 unspecified atom stereocenters. The highest BCUT2D eigenvalue weighted by molar-refractivity contribution is 5.98. The molecule has 1 aliphatic carbocycles. The van der Waals surface area contributed by atoms with Crippen LogP contribution in [0, 0.1) is 0 Å². The standard InChI is InChI=1S/C14H15NO6/c16-8-1-6-5-2-9-10(21-4-20-9)3-7(5)14(19)15-11(6)13(18)12(8)17/h2-3,6,8,11-13,16-18H,1,4H2,(H,15,19)/t6-,8-,11?,12+,13-/m0/s1. The van der Waals surface area contributed by atoms with Crippen LogP contribution in [-0.2, 0) is 0 Å². The summed E-state index contributed by atoms with van der Waals surface area (Å²) in [6.07, 6.45) is -3.24. The van der Waals surface area contributed by atoms with E-state index in [0.29, 0.717) is 22.6 Å². The number of ether oxygens (including phenoxy) is 2. The molecule has 3 aliphatic rings. The van der Waals surface area contributed by atoms with Gasteiger partial charge in [0.2, 0.25) is 6.79 Å². The number of fused-ring (bicyclic) bond motifs is 4. The van der Waals surface area contributed by atoms with Crippen LogP contribution < -0.4 is 14.8 Å². The lowest BCUT2D eigenvalue weighted by Crippen LogP contribution is -2.61. The third kappa shape index (κ3) is 1.75. The van der Waals surface area contributed by atoms with Gasteiger partial charge in [0.1, 0.15) is 12.2 Å². The van der Waals surface area contributed by atoms with Crippen LogP contribution in [0.25, 0.3) is 0 Å². The molecule has 0 spiro atoms. The van der Waals surface area contributed by atoms with Crippen molar-refractivity contribution in [3.63, 3.8) is 0 Å². The van der Waals surface area contributed by atoms with Crippen LogP contribution in [0.1, 0.15) is 28.3 Å². The summed E-state index contributed by atoms with van der Waals surface area (Å²) in [7, 11) is 0. The molecule has 4 rings (SSSR count). The van der Waals surface area contributed by atoms with Gasteiger partial charge in [-0.2, -0.15) is 0 Å². The van der Waals surface area contributed by atoms with Crippen molar-refractivity contribution in [1.82, 2.24) is 5.32 Å². The van der Waals surface area contributed by atoms with Gasteiger partial charge in [-0.15, -0.1) is 0 Å². The first-order valence-electron chi connectivity index (χ1n) is 6.85. The van der Waals surface area contributed by atoms with Gasteiger partial charge in [-0.25, -0.2) is 0 Å². The number of benzene rings is 1. The molecule has 1 aromatic carbocycles. The van der Waals surface area contributed by atoms with Gasteiger partial charge in [-0.3, -0.25) is 4.79 Å². The Morgan fingerprint density at radius 3 is 2.57 bits per heavy atom. The molecule has 1 fully saturated rings. The van der Waals surface area contributed by atoms with E-state index in [1.165, 1.54) is 0 Å². The summed E-state index contributed by atoms with van der Waals surface area (Å²) < 4.78 is 10.6. The zero-order valence-electron chi connectivity index (χ0n) is 11.0. The number of hydrogen-bond acceptors (Lipinski definition) is 6.